The largest absolute Gasteiger partial charge is 0.299 e. The van der Waals surface area contributed by atoms with Crippen molar-refractivity contribution in [1.82, 2.24) is 35.6 Å². The maximum atomic E-state index is 14.7. The minimum Gasteiger partial charge on any atom is -0.299 e. The molecule has 9 rings (SSSR count). The van der Waals surface area contributed by atoms with Gasteiger partial charge in [0.05, 0.1) is 29.4 Å². The van der Waals surface area contributed by atoms with Gasteiger partial charge in [-0.15, -0.1) is 0 Å². The molecule has 7 aromatic carbocycles. The van der Waals surface area contributed by atoms with Crippen LogP contribution in [0.2, 0.25) is 0 Å². The predicted octanol–water partition coefficient (Wildman–Crippen LogP) is 9.65. The van der Waals surface area contributed by atoms with Crippen LogP contribution in [0.25, 0.3) is 0 Å². The van der Waals surface area contributed by atoms with Gasteiger partial charge in [0.15, 0.2) is 0 Å². The van der Waals surface area contributed by atoms with Crippen LogP contribution in [0.4, 0.5) is 0 Å². The van der Waals surface area contributed by atoms with Crippen molar-refractivity contribution in [3.8, 4) is 0 Å². The molecule has 0 N–H and O–H groups in total. The van der Waals surface area contributed by atoms with E-state index in [0.717, 1.165) is 44.5 Å². The molecule has 0 aliphatic carbocycles. The highest BCUT2D eigenvalue weighted by molar-refractivity contribution is 7.90. The van der Waals surface area contributed by atoms with E-state index in [1.54, 1.807) is 121 Å². The summed E-state index contributed by atoms with van der Waals surface area (Å²) in [6, 6.07) is 47.4. The average molecular weight is 1460 g/mol. The minimum absolute atomic E-state index is 0.0152. The van der Waals surface area contributed by atoms with Gasteiger partial charge in [0.2, 0.25) is 60.1 Å². The lowest BCUT2D eigenvalue weighted by Gasteiger charge is -2.28. The first kappa shape index (κ1) is 76.1. The Hall–Kier alpha value is -6.08. The lowest BCUT2D eigenvalue weighted by atomic mass is 10.1. The predicted molar refractivity (Wildman–Crippen MR) is 384 cm³/mol. The molecule has 20 nitrogen and oxygen atoms in total. The van der Waals surface area contributed by atoms with Crippen molar-refractivity contribution in [2.45, 2.75) is 123 Å². The summed E-state index contributed by atoms with van der Waals surface area (Å²) in [7, 11) is -24.9. The van der Waals surface area contributed by atoms with Gasteiger partial charge in [-0.05, 0) is 190 Å². The van der Waals surface area contributed by atoms with E-state index in [1.807, 2.05) is 59.7 Å². The minimum atomic E-state index is -4.19. The van der Waals surface area contributed by atoms with E-state index < -0.39 is 60.1 Å². The molecule has 0 bridgehead atoms. The molecule has 2 aliphatic rings. The first-order valence-corrected chi connectivity index (χ1v) is 42.1. The van der Waals surface area contributed by atoms with Gasteiger partial charge in [-0.1, -0.05) is 130 Å². The molecule has 7 aromatic rings. The molecule has 0 unspecified atom stereocenters. The summed E-state index contributed by atoms with van der Waals surface area (Å²) >= 11 is 0. The fourth-order valence-electron chi connectivity index (χ4n) is 12.3. The molecule has 530 valence electrons. The normalized spacial score (nSPS) is 18.3. The molecule has 0 amide bonds. The monoisotopic (exact) mass is 1450 g/mol. The van der Waals surface area contributed by atoms with Gasteiger partial charge in [-0.2, -0.15) is 25.8 Å². The highest BCUT2D eigenvalue weighted by Gasteiger charge is 2.34. The quantitative estimate of drug-likeness (QED) is 0.0877. The van der Waals surface area contributed by atoms with E-state index in [1.165, 1.54) is 50.1 Å². The number of hydrogen-bond acceptors (Lipinski definition) is 14. The second kappa shape index (κ2) is 33.6. The summed E-state index contributed by atoms with van der Waals surface area (Å²) in [6.07, 6.45) is 1.66. The molecule has 0 atom stereocenters. The Bertz CT molecular complexity index is 4210. The van der Waals surface area contributed by atoms with Gasteiger partial charge in [-0.25, -0.2) is 50.5 Å². The molecule has 0 spiro atoms. The Kier molecular flexibility index (Phi) is 26.1. The number of benzene rings is 7. The van der Waals surface area contributed by atoms with Crippen LogP contribution in [0.1, 0.15) is 83.0 Å². The van der Waals surface area contributed by atoms with E-state index in [4.69, 9.17) is 0 Å². The first-order valence-electron chi connectivity index (χ1n) is 33.5. The van der Waals surface area contributed by atoms with E-state index in [-0.39, 0.29) is 121 Å². The Balaban J connectivity index is 1.01. The van der Waals surface area contributed by atoms with Crippen LogP contribution >= 0.6 is 0 Å². The van der Waals surface area contributed by atoms with Crippen molar-refractivity contribution in [2.24, 2.45) is 0 Å². The van der Waals surface area contributed by atoms with Gasteiger partial charge in [0, 0.05) is 91.6 Å². The third-order valence-corrected chi connectivity index (χ3v) is 29.6. The summed E-state index contributed by atoms with van der Waals surface area (Å²) < 4.78 is 184. The zero-order valence-corrected chi connectivity index (χ0v) is 62.0. The van der Waals surface area contributed by atoms with Crippen LogP contribution in [-0.4, -0.2) is 191 Å². The van der Waals surface area contributed by atoms with Gasteiger partial charge >= 0.3 is 0 Å². The Morgan fingerprint density at radius 1 is 0.224 bits per heavy atom. The number of aryl methyl sites for hydroxylation is 6. The molecular formula is C72H94N8O12S6. The van der Waals surface area contributed by atoms with Crippen LogP contribution in [0, 0.1) is 41.5 Å². The SMILES string of the molecule is Cc1ccc(S(=O)(=O)N2CCCN(Cc3cccc(CN4CCCN(S(=O)(=O)c5ccc(C)cc5)CCCN(S(=O)(=O)c5ccc(C)cc5)CCN(S(=O)(=O)c5ccc(C)cc5)CCC4)c3)CCCN(S(=O)(=O)c3ccc(C)cc3)CCN(S(=O)(=O)c3ccc(C)cc3)CCC2)cc1. The molecule has 2 saturated heterocycles. The molecule has 26 heteroatoms. The fourth-order valence-corrected chi connectivity index (χ4v) is 21.2. The van der Waals surface area contributed by atoms with Crippen molar-refractivity contribution in [3.05, 3.63) is 214 Å². The molecule has 2 fully saturated rings. The zero-order chi connectivity index (χ0) is 70.5. The number of sulfonamides is 6. The topological polar surface area (TPSA) is 231 Å². The highest BCUT2D eigenvalue weighted by Crippen LogP contribution is 2.27. The number of rotatable bonds is 16. The third kappa shape index (κ3) is 19.7. The molecular weight excluding hydrogens is 1360 g/mol. The van der Waals surface area contributed by atoms with E-state index >= 15 is 0 Å². The summed E-state index contributed by atoms with van der Waals surface area (Å²) in [6.45, 7) is 12.9. The van der Waals surface area contributed by atoms with E-state index in [9.17, 15) is 50.5 Å². The molecule has 2 heterocycles. The summed E-state index contributed by atoms with van der Waals surface area (Å²) in [5.41, 5.74) is 7.07. The maximum Gasteiger partial charge on any atom is 0.243 e. The Morgan fingerprint density at radius 2 is 0.388 bits per heavy atom. The molecule has 2 aliphatic heterocycles. The molecule has 0 aromatic heterocycles. The van der Waals surface area contributed by atoms with Gasteiger partial charge in [-0.3, -0.25) is 9.80 Å². The second-order valence-electron chi connectivity index (χ2n) is 25.8. The number of nitrogens with zero attached hydrogens (tertiary/aromatic N) is 8. The molecule has 98 heavy (non-hydrogen) atoms. The van der Waals surface area contributed by atoms with Crippen molar-refractivity contribution < 1.29 is 50.5 Å². The lowest BCUT2D eigenvalue weighted by Crippen LogP contribution is -2.43. The van der Waals surface area contributed by atoms with Crippen LogP contribution in [0.3, 0.4) is 0 Å². The van der Waals surface area contributed by atoms with Crippen molar-refractivity contribution in [2.75, 3.05) is 105 Å². The second-order valence-corrected chi connectivity index (χ2v) is 37.4. The average Bonchev–Trinajstić information content (AvgIpc) is 0.905. The zero-order valence-electron chi connectivity index (χ0n) is 57.1. The van der Waals surface area contributed by atoms with Crippen LogP contribution in [0.5, 0.6) is 0 Å². The van der Waals surface area contributed by atoms with Gasteiger partial charge < -0.3 is 0 Å². The summed E-state index contributed by atoms with van der Waals surface area (Å²) in [5.74, 6) is 0. The lowest BCUT2D eigenvalue weighted by molar-refractivity contribution is 0.237. The fraction of sp³-hybridized carbons (Fsp3) is 0.417. The van der Waals surface area contributed by atoms with Crippen molar-refractivity contribution in [3.63, 3.8) is 0 Å². The van der Waals surface area contributed by atoms with Gasteiger partial charge in [0.25, 0.3) is 0 Å². The third-order valence-electron chi connectivity index (χ3n) is 18.1. The standard InChI is InChI=1S/C72H94N8O12S6/c1-59-16-28-67(29-17-59)93(81,82)75-44-8-40-73(42-10-46-77(95(85,86)69-32-20-61(3)21-33-69)52-54-79(50-12-48-75)97(89,90)71-36-24-63(5)25-37-71)57-65-14-7-15-66(56-65)58-74-41-9-45-76(94(83,84)68-30-18-60(2)19-31-68)49-13-51-80(98(91,92)72-38-26-64(6)27-39-72)55-53-78(47-11-43-74)96(87,88)70-34-22-62(4)23-35-70/h7,14-39,56H,8-13,40-55,57-58H2,1-6H3. The molecule has 0 radical (unpaired) electrons. The van der Waals surface area contributed by atoms with Crippen LogP contribution in [0.15, 0.2) is 199 Å². The first-order chi connectivity index (χ1) is 46.5. The Labute approximate surface area is 583 Å². The summed E-state index contributed by atoms with van der Waals surface area (Å²) in [4.78, 5) is 4.83. The van der Waals surface area contributed by atoms with Crippen LogP contribution < -0.4 is 0 Å². The summed E-state index contributed by atoms with van der Waals surface area (Å²) in [5, 5.41) is 0. The van der Waals surface area contributed by atoms with E-state index in [0.29, 0.717) is 65.0 Å². The van der Waals surface area contributed by atoms with Crippen LogP contribution in [-0.2, 0) is 73.2 Å². The smallest absolute Gasteiger partial charge is 0.243 e. The van der Waals surface area contributed by atoms with Crippen molar-refractivity contribution in [1.29, 1.82) is 0 Å². The Morgan fingerprint density at radius 3 is 0.571 bits per heavy atom. The van der Waals surface area contributed by atoms with Gasteiger partial charge in [0.1, 0.15) is 0 Å². The maximum absolute atomic E-state index is 14.7. The molecule has 0 saturated carbocycles. The van der Waals surface area contributed by atoms with Crippen molar-refractivity contribution >= 4 is 60.1 Å². The number of hydrogen-bond donors (Lipinski definition) is 0. The van der Waals surface area contributed by atoms with E-state index in [2.05, 4.69) is 15.9 Å². The highest BCUT2D eigenvalue weighted by atomic mass is 32.2.